The molecule has 8 rings (SSSR count). The fourth-order valence-electron chi connectivity index (χ4n) is 8.94. The highest BCUT2D eigenvalue weighted by Gasteiger charge is 2.67. The maximum Gasteiger partial charge on any atom is 0.481 e. The second-order valence-electron chi connectivity index (χ2n) is 16.0. The third kappa shape index (κ3) is 6.78. The van der Waals surface area contributed by atoms with Crippen molar-refractivity contribution in [2.45, 2.75) is 107 Å². The molecule has 3 amide bonds. The number of benzene rings is 2. The fraction of sp³-hybridized carbons (Fsp3) is 0.526. The zero-order valence-electron chi connectivity index (χ0n) is 31.2. The van der Waals surface area contributed by atoms with Crippen molar-refractivity contribution in [2.75, 3.05) is 16.9 Å². The summed E-state index contributed by atoms with van der Waals surface area (Å²) in [5.41, 5.74) is -2.10. The third-order valence-corrected chi connectivity index (χ3v) is 12.9. The average molecular weight is 767 g/mol. The fourth-order valence-corrected chi connectivity index (χ4v) is 9.49. The van der Waals surface area contributed by atoms with Crippen LogP contribution in [-0.2, 0) is 32.4 Å². The van der Waals surface area contributed by atoms with Gasteiger partial charge in [0.15, 0.2) is 0 Å². The highest BCUT2D eigenvalue weighted by atomic mass is 32.2. The van der Waals surface area contributed by atoms with Gasteiger partial charge in [-0.3, -0.25) is 14.2 Å². The Morgan fingerprint density at radius 2 is 1.85 bits per heavy atom. The zero-order valence-corrected chi connectivity index (χ0v) is 32.0. The van der Waals surface area contributed by atoms with Gasteiger partial charge in [-0.25, -0.2) is 9.78 Å². The van der Waals surface area contributed by atoms with Crippen LogP contribution in [0.3, 0.4) is 0 Å². The Balaban J connectivity index is 1.15. The highest BCUT2D eigenvalue weighted by molar-refractivity contribution is 7.98. The molecule has 3 aromatic rings. The molecule has 4 N–H and O–H groups in total. The number of carbonyl (C=O) groups excluding carboxylic acids is 2. The number of urea groups is 1. The molecule has 2 bridgehead atoms. The van der Waals surface area contributed by atoms with E-state index in [0.29, 0.717) is 29.5 Å². The number of hydrogen-bond donors (Lipinski definition) is 4. The molecule has 288 valence electrons. The van der Waals surface area contributed by atoms with Crippen molar-refractivity contribution in [3.05, 3.63) is 82.0 Å². The summed E-state index contributed by atoms with van der Waals surface area (Å²) in [6.07, 6.45) is 1.02. The van der Waals surface area contributed by atoms with Crippen LogP contribution in [0.15, 0.2) is 64.4 Å². The predicted octanol–water partition coefficient (Wildman–Crippen LogP) is 6.74. The average Bonchev–Trinajstić information content (AvgIpc) is 3.64. The number of rotatable bonds is 10. The molecular formula is C38H46BF3N6O5S. The minimum absolute atomic E-state index is 0.00313. The lowest BCUT2D eigenvalue weighted by atomic mass is 9.45. The molecule has 1 saturated heterocycles. The van der Waals surface area contributed by atoms with Gasteiger partial charge >= 0.3 is 19.3 Å². The SMILES string of the molecule is CC[C@H](NC(=O)[C@@H]1C[C@@](C)(NC(=O)Nc2ccccc2SC)c2ncc(NCc3cccc(C(F)(F)F)c3)c(=O)n21)B1OC2C3CC(C[C@]2(C)O1)C3(C)C. The second-order valence-corrected chi connectivity index (χ2v) is 16.8. The smallest absolute Gasteiger partial charge is 0.404 e. The summed E-state index contributed by atoms with van der Waals surface area (Å²) in [7, 11) is -0.688. The molecule has 2 aliphatic heterocycles. The van der Waals surface area contributed by atoms with E-state index < -0.39 is 59.5 Å². The molecule has 0 spiro atoms. The first-order valence-electron chi connectivity index (χ1n) is 18.4. The first kappa shape index (κ1) is 38.3. The van der Waals surface area contributed by atoms with Crippen LogP contribution >= 0.6 is 11.8 Å². The molecule has 2 aromatic carbocycles. The molecule has 5 aliphatic rings. The van der Waals surface area contributed by atoms with Crippen molar-refractivity contribution < 1.29 is 32.1 Å². The van der Waals surface area contributed by atoms with Crippen LogP contribution in [-0.4, -0.2) is 52.5 Å². The Kier molecular flexibility index (Phi) is 9.87. The molecule has 1 aromatic heterocycles. The van der Waals surface area contributed by atoms with Crippen LogP contribution in [0.5, 0.6) is 0 Å². The molecule has 3 saturated carbocycles. The van der Waals surface area contributed by atoms with Gasteiger partial charge in [0.25, 0.3) is 5.56 Å². The summed E-state index contributed by atoms with van der Waals surface area (Å²) in [6.45, 7) is 10.2. The Labute approximate surface area is 317 Å². The number of anilines is 2. The number of thioether (sulfide) groups is 1. The maximum absolute atomic E-state index is 14.4. The van der Waals surface area contributed by atoms with E-state index in [0.717, 1.165) is 29.9 Å². The number of carbonyl (C=O) groups is 2. The number of fused-ring (bicyclic) bond motifs is 1. The molecule has 3 aliphatic carbocycles. The predicted molar refractivity (Wildman–Crippen MR) is 201 cm³/mol. The van der Waals surface area contributed by atoms with Crippen molar-refractivity contribution >= 4 is 42.2 Å². The van der Waals surface area contributed by atoms with Crippen molar-refractivity contribution in [1.29, 1.82) is 0 Å². The highest BCUT2D eigenvalue weighted by Crippen LogP contribution is 2.64. The van der Waals surface area contributed by atoms with Gasteiger partial charge in [0, 0.05) is 17.9 Å². The number of aromatic nitrogens is 2. The molecule has 4 fully saturated rings. The molecular weight excluding hydrogens is 720 g/mol. The molecule has 11 nitrogen and oxygen atoms in total. The van der Waals surface area contributed by atoms with E-state index in [9.17, 15) is 27.6 Å². The van der Waals surface area contributed by atoms with Crippen molar-refractivity contribution in [1.82, 2.24) is 20.2 Å². The minimum atomic E-state index is -4.52. The van der Waals surface area contributed by atoms with E-state index in [1.54, 1.807) is 19.1 Å². The van der Waals surface area contributed by atoms with Gasteiger partial charge < -0.3 is 30.6 Å². The lowest BCUT2D eigenvalue weighted by Gasteiger charge is -2.63. The Morgan fingerprint density at radius 3 is 2.56 bits per heavy atom. The van der Waals surface area contributed by atoms with Crippen LogP contribution in [0, 0.1) is 17.3 Å². The van der Waals surface area contributed by atoms with Gasteiger partial charge in [-0.2, -0.15) is 13.2 Å². The van der Waals surface area contributed by atoms with Crippen LogP contribution in [0.4, 0.5) is 29.3 Å². The Bertz CT molecular complexity index is 2020. The van der Waals surface area contributed by atoms with E-state index in [1.165, 1.54) is 34.7 Å². The third-order valence-electron chi connectivity index (χ3n) is 12.1. The molecule has 7 atom stereocenters. The quantitative estimate of drug-likeness (QED) is 0.132. The summed E-state index contributed by atoms with van der Waals surface area (Å²) in [6, 6.07) is 10.5. The topological polar surface area (TPSA) is 136 Å². The summed E-state index contributed by atoms with van der Waals surface area (Å²) in [5, 5.41) is 11.9. The Hall–Kier alpha value is -4.02. The summed E-state index contributed by atoms with van der Waals surface area (Å²) in [5.74, 6) is 0.0578. The zero-order chi connectivity index (χ0) is 38.8. The van der Waals surface area contributed by atoms with Gasteiger partial charge in [-0.1, -0.05) is 45.0 Å². The van der Waals surface area contributed by atoms with Gasteiger partial charge in [-0.15, -0.1) is 11.8 Å². The molecule has 3 heterocycles. The van der Waals surface area contributed by atoms with E-state index in [4.69, 9.17) is 9.31 Å². The lowest BCUT2D eigenvalue weighted by Crippen LogP contribution is -2.63. The van der Waals surface area contributed by atoms with Gasteiger partial charge in [0.2, 0.25) is 5.91 Å². The monoisotopic (exact) mass is 766 g/mol. The van der Waals surface area contributed by atoms with E-state index in [2.05, 4.69) is 47.0 Å². The van der Waals surface area contributed by atoms with E-state index in [1.807, 2.05) is 25.3 Å². The molecule has 54 heavy (non-hydrogen) atoms. The van der Waals surface area contributed by atoms with Gasteiger partial charge in [0.1, 0.15) is 17.6 Å². The van der Waals surface area contributed by atoms with E-state index >= 15 is 0 Å². The largest absolute Gasteiger partial charge is 0.481 e. The van der Waals surface area contributed by atoms with Crippen molar-refractivity contribution in [3.63, 3.8) is 0 Å². The number of para-hydroxylation sites is 1. The summed E-state index contributed by atoms with van der Waals surface area (Å²) >= 11 is 1.47. The minimum Gasteiger partial charge on any atom is -0.404 e. The number of alkyl halides is 3. The van der Waals surface area contributed by atoms with Gasteiger partial charge in [-0.05, 0) is 86.4 Å². The number of halogens is 3. The van der Waals surface area contributed by atoms with Crippen LogP contribution in [0.25, 0.3) is 0 Å². The molecule has 3 unspecified atom stereocenters. The molecule has 0 radical (unpaired) electrons. The van der Waals surface area contributed by atoms with Crippen molar-refractivity contribution in [2.24, 2.45) is 17.3 Å². The first-order chi connectivity index (χ1) is 25.5. The number of amides is 3. The summed E-state index contributed by atoms with van der Waals surface area (Å²) < 4.78 is 54.6. The van der Waals surface area contributed by atoms with E-state index in [-0.39, 0.29) is 36.0 Å². The maximum atomic E-state index is 14.4. The normalized spacial score (nSPS) is 28.4. The standard InChI is InChI=1S/C38H46BF3N6O5S/c1-7-29(39-52-30-24-16-23(35(24,2)3)17-37(30,5)53-39)46-31(49)27-18-36(4,47-34(51)45-25-13-8-9-14-28(25)54-6)33-44-20-26(32(50)48(27)33)43-19-21-11-10-12-22(15-21)38(40,41)42/h8-15,20,23-24,27,29-30,43H,7,16-19H2,1-6H3,(H,46,49)(H2,45,47,51)/t23?,24?,27-,29-,30?,36+,37-/m0/s1. The van der Waals surface area contributed by atoms with Crippen LogP contribution in [0.1, 0.15) is 83.3 Å². The second kappa shape index (κ2) is 13.9. The number of nitrogens with zero attached hydrogens (tertiary/aromatic N) is 2. The van der Waals surface area contributed by atoms with Gasteiger partial charge in [0.05, 0.1) is 40.6 Å². The summed E-state index contributed by atoms with van der Waals surface area (Å²) in [4.78, 5) is 47.5. The van der Waals surface area contributed by atoms with Crippen molar-refractivity contribution in [3.8, 4) is 0 Å². The Morgan fingerprint density at radius 1 is 1.09 bits per heavy atom. The van der Waals surface area contributed by atoms with Crippen LogP contribution in [0.2, 0.25) is 0 Å². The number of hydrogen-bond acceptors (Lipinski definition) is 8. The number of nitrogens with one attached hydrogen (secondary N) is 4. The van der Waals surface area contributed by atoms with Crippen LogP contribution < -0.4 is 26.8 Å². The first-order valence-corrected chi connectivity index (χ1v) is 19.6. The molecule has 16 heteroatoms. The lowest BCUT2D eigenvalue weighted by molar-refractivity contribution is -0.185.